The van der Waals surface area contributed by atoms with Crippen LogP contribution in [0.5, 0.6) is 0 Å². The van der Waals surface area contributed by atoms with Gasteiger partial charge in [0.15, 0.2) is 0 Å². The van der Waals surface area contributed by atoms with Crippen molar-refractivity contribution in [3.05, 3.63) is 11.9 Å². The Balaban J connectivity index is 2.17. The normalized spacial score (nSPS) is 17.1. The molecular weight excluding hydrogens is 208 g/mol. The van der Waals surface area contributed by atoms with Gasteiger partial charge in [-0.25, -0.2) is 0 Å². The Morgan fingerprint density at radius 2 is 2.44 bits per heavy atom. The Morgan fingerprint density at radius 3 is 2.94 bits per heavy atom. The Morgan fingerprint density at radius 1 is 1.75 bits per heavy atom. The molecule has 1 fully saturated rings. The van der Waals surface area contributed by atoms with Gasteiger partial charge in [-0.05, 0) is 19.8 Å². The number of nitrogen functional groups attached to an aromatic ring is 1. The molecule has 1 amide bonds. The van der Waals surface area contributed by atoms with Crippen LogP contribution >= 0.6 is 0 Å². The lowest BCUT2D eigenvalue weighted by Gasteiger charge is -2.14. The third-order valence-corrected chi connectivity index (χ3v) is 2.92. The molecule has 1 aromatic heterocycles. The molecule has 1 aliphatic carbocycles. The summed E-state index contributed by atoms with van der Waals surface area (Å²) in [5, 5.41) is 15.9. The fraction of sp³-hybridized carbons (Fsp3) is 0.600. The molecule has 0 radical (unpaired) electrons. The summed E-state index contributed by atoms with van der Waals surface area (Å²) in [4.78, 5) is 12.0. The number of hydrogen-bond donors (Lipinski definition) is 3. The van der Waals surface area contributed by atoms with Gasteiger partial charge in [0.05, 0.1) is 24.0 Å². The van der Waals surface area contributed by atoms with Gasteiger partial charge in [-0.3, -0.25) is 9.48 Å². The number of amides is 1. The second-order valence-electron chi connectivity index (χ2n) is 4.16. The monoisotopic (exact) mass is 224 g/mol. The quantitative estimate of drug-likeness (QED) is 0.657. The highest BCUT2D eigenvalue weighted by Crippen LogP contribution is 2.35. The molecule has 1 heterocycles. The Labute approximate surface area is 93.4 Å². The SMILES string of the molecule is CCn1ncc(N)c1C(=O)NC1(CO)CC1. The molecule has 88 valence electrons. The van der Waals surface area contributed by atoms with Crippen LogP contribution in [0.3, 0.4) is 0 Å². The fourth-order valence-corrected chi connectivity index (χ4v) is 1.66. The van der Waals surface area contributed by atoms with Crippen molar-refractivity contribution in [2.75, 3.05) is 12.3 Å². The number of rotatable bonds is 4. The second-order valence-corrected chi connectivity index (χ2v) is 4.16. The third-order valence-electron chi connectivity index (χ3n) is 2.92. The molecule has 0 saturated heterocycles. The van der Waals surface area contributed by atoms with Crippen molar-refractivity contribution in [1.82, 2.24) is 15.1 Å². The fourth-order valence-electron chi connectivity index (χ4n) is 1.66. The summed E-state index contributed by atoms with van der Waals surface area (Å²) in [6, 6.07) is 0. The van der Waals surface area contributed by atoms with Crippen molar-refractivity contribution in [2.45, 2.75) is 31.8 Å². The summed E-state index contributed by atoms with van der Waals surface area (Å²) >= 11 is 0. The van der Waals surface area contributed by atoms with Crippen molar-refractivity contribution in [1.29, 1.82) is 0 Å². The zero-order chi connectivity index (χ0) is 11.8. The van der Waals surface area contributed by atoms with Crippen molar-refractivity contribution < 1.29 is 9.90 Å². The van der Waals surface area contributed by atoms with Crippen LogP contribution in [-0.4, -0.2) is 32.9 Å². The van der Waals surface area contributed by atoms with Crippen LogP contribution in [-0.2, 0) is 6.54 Å². The van der Waals surface area contributed by atoms with E-state index in [1.807, 2.05) is 6.92 Å². The number of carbonyl (C=O) groups excluding carboxylic acids is 1. The van der Waals surface area contributed by atoms with Gasteiger partial charge in [0.25, 0.3) is 5.91 Å². The van der Waals surface area contributed by atoms with Gasteiger partial charge in [0.2, 0.25) is 0 Å². The van der Waals surface area contributed by atoms with Crippen molar-refractivity contribution in [2.24, 2.45) is 0 Å². The number of nitrogens with two attached hydrogens (primary N) is 1. The number of nitrogens with one attached hydrogen (secondary N) is 1. The van der Waals surface area contributed by atoms with E-state index in [2.05, 4.69) is 10.4 Å². The van der Waals surface area contributed by atoms with Crippen molar-refractivity contribution >= 4 is 11.6 Å². The molecule has 1 aliphatic rings. The molecule has 2 rings (SSSR count). The molecule has 0 spiro atoms. The summed E-state index contributed by atoms with van der Waals surface area (Å²) in [7, 11) is 0. The number of anilines is 1. The minimum absolute atomic E-state index is 0.0289. The predicted molar refractivity (Wildman–Crippen MR) is 58.8 cm³/mol. The number of aromatic nitrogens is 2. The van der Waals surface area contributed by atoms with Gasteiger partial charge in [0, 0.05) is 6.54 Å². The summed E-state index contributed by atoms with van der Waals surface area (Å²) in [5.74, 6) is -0.261. The van der Waals surface area contributed by atoms with Crippen LogP contribution in [0.15, 0.2) is 6.20 Å². The first kappa shape index (κ1) is 10.9. The Bertz CT molecular complexity index is 409. The van der Waals surface area contributed by atoms with Gasteiger partial charge in [-0.15, -0.1) is 0 Å². The molecule has 0 unspecified atom stereocenters. The first-order valence-corrected chi connectivity index (χ1v) is 5.36. The highest BCUT2D eigenvalue weighted by molar-refractivity contribution is 5.98. The first-order valence-electron chi connectivity index (χ1n) is 5.36. The lowest BCUT2D eigenvalue weighted by molar-refractivity contribution is 0.0897. The number of nitrogens with zero attached hydrogens (tertiary/aromatic N) is 2. The summed E-state index contributed by atoms with van der Waals surface area (Å²) in [5.41, 5.74) is 6.01. The van der Waals surface area contributed by atoms with E-state index in [0.29, 0.717) is 17.9 Å². The molecule has 16 heavy (non-hydrogen) atoms. The maximum absolute atomic E-state index is 12.0. The Hall–Kier alpha value is -1.56. The number of carbonyl (C=O) groups is 1. The molecule has 0 aromatic carbocycles. The minimum Gasteiger partial charge on any atom is -0.396 e. The average molecular weight is 224 g/mol. The standard InChI is InChI=1S/C10H16N4O2/c1-2-14-8(7(11)5-12-14)9(16)13-10(6-15)3-4-10/h5,15H,2-4,6,11H2,1H3,(H,13,16). The molecule has 0 aliphatic heterocycles. The molecule has 1 saturated carbocycles. The maximum Gasteiger partial charge on any atom is 0.272 e. The van der Waals surface area contributed by atoms with Crippen LogP contribution in [0, 0.1) is 0 Å². The third kappa shape index (κ3) is 1.76. The van der Waals surface area contributed by atoms with E-state index in [4.69, 9.17) is 10.8 Å². The van der Waals surface area contributed by atoms with E-state index in [1.54, 1.807) is 4.68 Å². The van der Waals surface area contributed by atoms with Gasteiger partial charge in [-0.2, -0.15) is 5.10 Å². The molecule has 1 aromatic rings. The number of hydrogen-bond acceptors (Lipinski definition) is 4. The molecule has 0 bridgehead atoms. The van der Waals surface area contributed by atoms with Crippen LogP contribution in [0.4, 0.5) is 5.69 Å². The molecule has 6 nitrogen and oxygen atoms in total. The summed E-state index contributed by atoms with van der Waals surface area (Å²) < 4.78 is 1.55. The summed E-state index contributed by atoms with van der Waals surface area (Å²) in [6.07, 6.45) is 3.10. The zero-order valence-electron chi connectivity index (χ0n) is 9.23. The Kier molecular flexibility index (Phi) is 2.59. The maximum atomic E-state index is 12.0. The lowest BCUT2D eigenvalue weighted by Crippen LogP contribution is -2.40. The van der Waals surface area contributed by atoms with E-state index in [-0.39, 0.29) is 12.5 Å². The summed E-state index contributed by atoms with van der Waals surface area (Å²) in [6.45, 7) is 2.45. The highest BCUT2D eigenvalue weighted by atomic mass is 16.3. The van der Waals surface area contributed by atoms with E-state index >= 15 is 0 Å². The molecule has 6 heteroatoms. The van der Waals surface area contributed by atoms with Gasteiger partial charge in [0.1, 0.15) is 5.69 Å². The molecule has 4 N–H and O–H groups in total. The van der Waals surface area contributed by atoms with E-state index in [1.165, 1.54) is 6.20 Å². The van der Waals surface area contributed by atoms with Crippen LogP contribution in [0.2, 0.25) is 0 Å². The topological polar surface area (TPSA) is 93.2 Å². The average Bonchev–Trinajstić information content (AvgIpc) is 2.94. The van der Waals surface area contributed by atoms with E-state index in [9.17, 15) is 4.79 Å². The van der Waals surface area contributed by atoms with Crippen LogP contribution in [0.1, 0.15) is 30.3 Å². The zero-order valence-corrected chi connectivity index (χ0v) is 9.23. The van der Waals surface area contributed by atoms with Crippen LogP contribution < -0.4 is 11.1 Å². The minimum atomic E-state index is -0.424. The van der Waals surface area contributed by atoms with Gasteiger partial charge in [-0.1, -0.05) is 0 Å². The van der Waals surface area contributed by atoms with E-state index in [0.717, 1.165) is 12.8 Å². The molecule has 0 atom stereocenters. The van der Waals surface area contributed by atoms with Gasteiger partial charge < -0.3 is 16.2 Å². The highest BCUT2D eigenvalue weighted by Gasteiger charge is 2.44. The van der Waals surface area contributed by atoms with E-state index < -0.39 is 5.54 Å². The second kappa shape index (κ2) is 3.79. The lowest BCUT2D eigenvalue weighted by atomic mass is 10.2. The van der Waals surface area contributed by atoms with Crippen molar-refractivity contribution in [3.8, 4) is 0 Å². The largest absolute Gasteiger partial charge is 0.396 e. The van der Waals surface area contributed by atoms with Crippen LogP contribution in [0.25, 0.3) is 0 Å². The number of aliphatic hydroxyl groups excluding tert-OH is 1. The van der Waals surface area contributed by atoms with Crippen molar-refractivity contribution in [3.63, 3.8) is 0 Å². The first-order chi connectivity index (χ1) is 7.62. The predicted octanol–water partition coefficient (Wildman–Crippen LogP) is -0.260. The molecular formula is C10H16N4O2. The number of aryl methyl sites for hydroxylation is 1. The number of aliphatic hydroxyl groups is 1. The smallest absolute Gasteiger partial charge is 0.272 e. The van der Waals surface area contributed by atoms with Gasteiger partial charge >= 0.3 is 0 Å².